The zero-order valence-electron chi connectivity index (χ0n) is 16.3. The van der Waals surface area contributed by atoms with Gasteiger partial charge in [-0.25, -0.2) is 17.5 Å². The van der Waals surface area contributed by atoms with E-state index in [1.165, 1.54) is 51.7 Å². The second-order valence-electron chi connectivity index (χ2n) is 7.24. The molecule has 27 heavy (non-hydrogen) atoms. The molecule has 0 heterocycles. The van der Waals surface area contributed by atoms with Gasteiger partial charge < -0.3 is 10.1 Å². The lowest BCUT2D eigenvalue weighted by Crippen LogP contribution is -2.46. The van der Waals surface area contributed by atoms with Crippen molar-refractivity contribution in [2.24, 2.45) is 5.92 Å². The molecular weight excluding hydrogens is 368 g/mol. The van der Waals surface area contributed by atoms with Crippen LogP contribution < -0.4 is 5.32 Å². The minimum atomic E-state index is -3.66. The number of hydrogen-bond acceptors (Lipinski definition) is 5. The van der Waals surface area contributed by atoms with E-state index >= 15 is 0 Å². The molecule has 2 rings (SSSR count). The first-order chi connectivity index (χ1) is 12.6. The van der Waals surface area contributed by atoms with Crippen molar-refractivity contribution >= 4 is 21.9 Å². The minimum absolute atomic E-state index is 0.00455. The standard InChI is InChI=1S/C19H28N2O5S/c1-13-8-5-6-11-17(13)20-18(22)14(2)26-19(23)15-9-7-10-16(12-15)27(24,25)21(3)4/h7,9-10,12-14,17H,5-6,8,11H2,1-4H3,(H,20,22)/t13-,14-,17-/m1/s1. The van der Waals surface area contributed by atoms with Gasteiger partial charge in [0, 0.05) is 20.1 Å². The van der Waals surface area contributed by atoms with Gasteiger partial charge in [-0.3, -0.25) is 4.79 Å². The van der Waals surface area contributed by atoms with E-state index in [4.69, 9.17) is 4.74 Å². The summed E-state index contributed by atoms with van der Waals surface area (Å²) in [4.78, 5) is 24.7. The molecule has 7 nitrogen and oxygen atoms in total. The lowest BCUT2D eigenvalue weighted by atomic mass is 9.86. The third-order valence-corrected chi connectivity index (χ3v) is 6.75. The number of amides is 1. The van der Waals surface area contributed by atoms with E-state index < -0.39 is 22.1 Å². The third-order valence-electron chi connectivity index (χ3n) is 4.94. The molecule has 1 saturated carbocycles. The second kappa shape index (κ2) is 8.84. The maximum absolute atomic E-state index is 12.4. The fourth-order valence-electron chi connectivity index (χ4n) is 3.11. The maximum Gasteiger partial charge on any atom is 0.338 e. The SMILES string of the molecule is C[C@@H]1CCCC[C@H]1NC(=O)[C@@H](C)OC(=O)c1cccc(S(=O)(=O)N(C)C)c1. The molecule has 1 aromatic rings. The fourth-order valence-corrected chi connectivity index (χ4v) is 4.06. The molecule has 1 aliphatic carbocycles. The van der Waals surface area contributed by atoms with Crippen LogP contribution in [0.3, 0.4) is 0 Å². The first-order valence-corrected chi connectivity index (χ1v) is 10.6. The highest BCUT2D eigenvalue weighted by molar-refractivity contribution is 7.89. The Morgan fingerprint density at radius 2 is 1.89 bits per heavy atom. The van der Waals surface area contributed by atoms with Crippen molar-refractivity contribution in [1.29, 1.82) is 0 Å². The molecule has 8 heteroatoms. The summed E-state index contributed by atoms with van der Waals surface area (Å²) in [6, 6.07) is 5.70. The van der Waals surface area contributed by atoms with Crippen LogP contribution in [0.5, 0.6) is 0 Å². The number of nitrogens with one attached hydrogen (secondary N) is 1. The summed E-state index contributed by atoms with van der Waals surface area (Å²) in [6.07, 6.45) is 3.30. The van der Waals surface area contributed by atoms with Crippen molar-refractivity contribution < 1.29 is 22.7 Å². The summed E-state index contributed by atoms with van der Waals surface area (Å²) in [5.74, 6) is -0.664. The smallest absolute Gasteiger partial charge is 0.338 e. The van der Waals surface area contributed by atoms with Crippen LogP contribution in [0, 0.1) is 5.92 Å². The van der Waals surface area contributed by atoms with E-state index in [1.54, 1.807) is 0 Å². The average molecular weight is 397 g/mol. The van der Waals surface area contributed by atoms with Gasteiger partial charge in [-0.05, 0) is 43.9 Å². The Morgan fingerprint density at radius 3 is 2.52 bits per heavy atom. The first kappa shape index (κ1) is 21.4. The van der Waals surface area contributed by atoms with E-state index in [-0.39, 0.29) is 22.4 Å². The molecule has 1 fully saturated rings. The molecule has 1 aromatic carbocycles. The van der Waals surface area contributed by atoms with Crippen molar-refractivity contribution in [1.82, 2.24) is 9.62 Å². The van der Waals surface area contributed by atoms with E-state index in [2.05, 4.69) is 12.2 Å². The van der Waals surface area contributed by atoms with Crippen LogP contribution >= 0.6 is 0 Å². The van der Waals surface area contributed by atoms with Crippen molar-refractivity contribution in [3.8, 4) is 0 Å². The molecule has 150 valence electrons. The summed E-state index contributed by atoms with van der Waals surface area (Å²) in [6.45, 7) is 3.62. The van der Waals surface area contributed by atoms with E-state index in [1.807, 2.05) is 0 Å². The summed E-state index contributed by atoms with van der Waals surface area (Å²) < 4.78 is 30.7. The Kier molecular flexibility index (Phi) is 7.00. The molecular formula is C19H28N2O5S. The molecule has 0 bridgehead atoms. The number of ether oxygens (including phenoxy) is 1. The lowest BCUT2D eigenvalue weighted by Gasteiger charge is -2.30. The van der Waals surface area contributed by atoms with E-state index in [9.17, 15) is 18.0 Å². The molecule has 0 aromatic heterocycles. The second-order valence-corrected chi connectivity index (χ2v) is 9.39. The Bertz CT molecular complexity index is 791. The Hall–Kier alpha value is -1.93. The number of benzene rings is 1. The predicted octanol–water partition coefficient (Wildman–Crippen LogP) is 2.18. The highest BCUT2D eigenvalue weighted by atomic mass is 32.2. The number of esters is 1. The van der Waals surface area contributed by atoms with E-state index in [0.29, 0.717) is 5.92 Å². The fraction of sp³-hybridized carbons (Fsp3) is 0.579. The first-order valence-electron chi connectivity index (χ1n) is 9.17. The summed E-state index contributed by atoms with van der Waals surface area (Å²) >= 11 is 0. The number of carbonyl (C=O) groups is 2. The number of hydrogen-bond donors (Lipinski definition) is 1. The summed E-state index contributed by atoms with van der Waals surface area (Å²) in [5, 5.41) is 2.96. The van der Waals surface area contributed by atoms with Crippen LogP contribution in [0.2, 0.25) is 0 Å². The molecule has 0 unspecified atom stereocenters. The number of sulfonamides is 1. The topological polar surface area (TPSA) is 92.8 Å². The monoisotopic (exact) mass is 396 g/mol. The van der Waals surface area contributed by atoms with Gasteiger partial charge in [0.2, 0.25) is 10.0 Å². The number of carbonyl (C=O) groups excluding carboxylic acids is 2. The van der Waals surface area contributed by atoms with E-state index in [0.717, 1.165) is 23.6 Å². The van der Waals surface area contributed by atoms with Gasteiger partial charge in [0.15, 0.2) is 6.10 Å². The van der Waals surface area contributed by atoms with Crippen molar-refractivity contribution in [3.05, 3.63) is 29.8 Å². The van der Waals surface area contributed by atoms with Gasteiger partial charge in [-0.15, -0.1) is 0 Å². The van der Waals surface area contributed by atoms with Crippen LogP contribution in [0.15, 0.2) is 29.2 Å². The Labute approximate surface area is 161 Å². The van der Waals surface area contributed by atoms with Crippen molar-refractivity contribution in [2.45, 2.75) is 56.6 Å². The molecule has 1 amide bonds. The largest absolute Gasteiger partial charge is 0.449 e. The molecule has 0 aliphatic heterocycles. The zero-order chi connectivity index (χ0) is 20.2. The Balaban J connectivity index is 2.03. The highest BCUT2D eigenvalue weighted by Gasteiger charge is 2.27. The van der Waals surface area contributed by atoms with Gasteiger partial charge in [0.25, 0.3) is 5.91 Å². The van der Waals surface area contributed by atoms with Gasteiger partial charge in [-0.2, -0.15) is 0 Å². The third kappa shape index (κ3) is 5.29. The molecule has 0 saturated heterocycles. The van der Waals surface area contributed by atoms with Crippen molar-refractivity contribution in [3.63, 3.8) is 0 Å². The average Bonchev–Trinajstić information content (AvgIpc) is 2.63. The summed E-state index contributed by atoms with van der Waals surface area (Å²) in [5.41, 5.74) is 0.0867. The Morgan fingerprint density at radius 1 is 1.22 bits per heavy atom. The normalized spacial score (nSPS) is 21.5. The maximum atomic E-state index is 12.4. The molecule has 1 N–H and O–H groups in total. The van der Waals surface area contributed by atoms with Crippen LogP contribution in [-0.2, 0) is 19.6 Å². The lowest BCUT2D eigenvalue weighted by molar-refractivity contribution is -0.130. The van der Waals surface area contributed by atoms with Crippen LogP contribution in [0.25, 0.3) is 0 Å². The van der Waals surface area contributed by atoms with Gasteiger partial charge in [0.05, 0.1) is 10.5 Å². The van der Waals surface area contributed by atoms with Crippen LogP contribution in [0.1, 0.15) is 49.9 Å². The van der Waals surface area contributed by atoms with Crippen LogP contribution in [0.4, 0.5) is 0 Å². The molecule has 0 radical (unpaired) electrons. The zero-order valence-corrected chi connectivity index (χ0v) is 17.1. The van der Waals surface area contributed by atoms with Crippen LogP contribution in [-0.4, -0.2) is 50.8 Å². The molecule has 0 spiro atoms. The van der Waals surface area contributed by atoms with Gasteiger partial charge >= 0.3 is 5.97 Å². The van der Waals surface area contributed by atoms with Gasteiger partial charge in [0.1, 0.15) is 0 Å². The van der Waals surface area contributed by atoms with Crippen molar-refractivity contribution in [2.75, 3.05) is 14.1 Å². The van der Waals surface area contributed by atoms with Gasteiger partial charge in [-0.1, -0.05) is 25.8 Å². The predicted molar refractivity (Wildman–Crippen MR) is 102 cm³/mol. The molecule has 3 atom stereocenters. The summed E-state index contributed by atoms with van der Waals surface area (Å²) in [7, 11) is -0.825. The quantitative estimate of drug-likeness (QED) is 0.744. The molecule has 1 aliphatic rings. The highest BCUT2D eigenvalue weighted by Crippen LogP contribution is 2.24. The minimum Gasteiger partial charge on any atom is -0.449 e. The number of nitrogens with zero attached hydrogens (tertiary/aromatic N) is 1. The number of rotatable bonds is 6.